The van der Waals surface area contributed by atoms with Gasteiger partial charge in [-0.2, -0.15) is 30.7 Å². The molecular weight excluding hydrogens is 334 g/mol. The monoisotopic (exact) mass is 334 g/mol. The minimum absolute atomic E-state index is 4.18. The summed E-state index contributed by atoms with van der Waals surface area (Å²) in [7, 11) is 0. The van der Waals surface area contributed by atoms with E-state index in [4.69, 9.17) is 0 Å². The third-order valence-corrected chi connectivity index (χ3v) is 4.04. The molecule has 0 saturated carbocycles. The first kappa shape index (κ1) is 16.5. The highest BCUT2D eigenvalue weighted by atomic mass is 35.8. The molecule has 0 nitrogen and oxygen atoms in total. The largest absolute Gasteiger partial charge is 0.459 e. The van der Waals surface area contributed by atoms with Crippen LogP contribution in [0.4, 0.5) is 35.1 Å². The van der Waals surface area contributed by atoms with E-state index in [1.807, 2.05) is 0 Å². The SMILES string of the molecule is FC(C(F)(F)C(F)(F)C(F)(F)F)[Si](Cl)(Cl)Cl. The van der Waals surface area contributed by atoms with E-state index in [1.54, 1.807) is 0 Å². The highest BCUT2D eigenvalue weighted by Crippen LogP contribution is 2.51. The van der Waals surface area contributed by atoms with Crippen molar-refractivity contribution in [1.29, 1.82) is 0 Å². The van der Waals surface area contributed by atoms with Crippen LogP contribution in [0.2, 0.25) is 0 Å². The summed E-state index contributed by atoms with van der Waals surface area (Å²) in [5.74, 6) is -16.9. The van der Waals surface area contributed by atoms with E-state index in [0.29, 0.717) is 0 Å². The van der Waals surface area contributed by atoms with Crippen molar-refractivity contribution in [3.05, 3.63) is 0 Å². The Bertz CT molecular complexity index is 257. The van der Waals surface area contributed by atoms with Crippen LogP contribution in [-0.4, -0.2) is 29.8 Å². The quantitative estimate of drug-likeness (QED) is 0.409. The Morgan fingerprint density at radius 3 is 1.31 bits per heavy atom. The lowest BCUT2D eigenvalue weighted by molar-refractivity contribution is -0.360. The van der Waals surface area contributed by atoms with Gasteiger partial charge in [-0.05, 0) is 0 Å². The summed E-state index contributed by atoms with van der Waals surface area (Å²) in [5.41, 5.74) is 0. The first-order valence-corrected chi connectivity index (χ1v) is 8.30. The van der Waals surface area contributed by atoms with Crippen LogP contribution in [-0.2, 0) is 0 Å². The highest BCUT2D eigenvalue weighted by Gasteiger charge is 2.78. The lowest BCUT2D eigenvalue weighted by Gasteiger charge is -2.31. The maximum Gasteiger partial charge on any atom is 0.459 e. The second-order valence-electron chi connectivity index (χ2n) is 2.60. The first-order chi connectivity index (χ1) is 6.65. The van der Waals surface area contributed by atoms with Crippen LogP contribution < -0.4 is 0 Å². The van der Waals surface area contributed by atoms with Crippen molar-refractivity contribution < 1.29 is 35.1 Å². The van der Waals surface area contributed by atoms with Gasteiger partial charge < -0.3 is 0 Å². The van der Waals surface area contributed by atoms with Crippen LogP contribution in [0, 0.1) is 0 Å². The van der Waals surface area contributed by atoms with E-state index < -0.39 is 29.8 Å². The normalized spacial score (nSPS) is 17.4. The zero-order chi connectivity index (χ0) is 13.6. The van der Waals surface area contributed by atoms with Crippen molar-refractivity contribution in [1.82, 2.24) is 0 Å². The third kappa shape index (κ3) is 2.85. The van der Waals surface area contributed by atoms with Crippen molar-refractivity contribution in [2.75, 3.05) is 0 Å². The molecule has 0 aromatic carbocycles. The van der Waals surface area contributed by atoms with E-state index in [-0.39, 0.29) is 0 Å². The summed E-state index contributed by atoms with van der Waals surface area (Å²) in [6, 6.07) is -5.06. The molecule has 0 aliphatic rings. The Morgan fingerprint density at radius 1 is 0.812 bits per heavy atom. The Balaban J connectivity index is 5.37. The molecule has 0 N–H and O–H groups in total. The van der Waals surface area contributed by atoms with Crippen LogP contribution in [0.1, 0.15) is 0 Å². The van der Waals surface area contributed by atoms with Crippen molar-refractivity contribution in [2.24, 2.45) is 0 Å². The van der Waals surface area contributed by atoms with Gasteiger partial charge >= 0.3 is 24.0 Å². The standard InChI is InChI=1S/C4HCl3F8Si/c5-16(6,7)1(8)2(9,10)3(11,12)4(13,14)15/h1H. The van der Waals surface area contributed by atoms with Crippen LogP contribution in [0.15, 0.2) is 0 Å². The number of halogens is 11. The zero-order valence-electron chi connectivity index (χ0n) is 6.73. The van der Waals surface area contributed by atoms with Gasteiger partial charge in [0.1, 0.15) is 0 Å². The van der Waals surface area contributed by atoms with Gasteiger partial charge in [-0.15, -0.1) is 33.2 Å². The second kappa shape index (κ2) is 4.32. The lowest BCUT2D eigenvalue weighted by atomic mass is 10.2. The summed E-state index contributed by atoms with van der Waals surface area (Å²) >= 11 is 13.9. The minimum Gasteiger partial charge on any atom is -0.240 e. The Morgan fingerprint density at radius 2 is 1.12 bits per heavy atom. The van der Waals surface area contributed by atoms with Gasteiger partial charge in [0, 0.05) is 0 Å². The van der Waals surface area contributed by atoms with E-state index in [0.717, 1.165) is 0 Å². The molecular formula is C4HCl3F8Si. The molecule has 12 heteroatoms. The number of hydrogen-bond donors (Lipinski definition) is 0. The molecule has 1 atom stereocenters. The Kier molecular flexibility index (Phi) is 4.47. The van der Waals surface area contributed by atoms with Gasteiger partial charge in [0.2, 0.25) is 5.79 Å². The summed E-state index contributed by atoms with van der Waals surface area (Å²) in [4.78, 5) is 0. The van der Waals surface area contributed by atoms with E-state index in [1.165, 1.54) is 0 Å². The zero-order valence-corrected chi connectivity index (χ0v) is 10.0. The molecule has 1 unspecified atom stereocenters. The second-order valence-corrected chi connectivity index (χ2v) is 11.3. The summed E-state index contributed by atoms with van der Waals surface area (Å²) < 4.78 is 96.8. The van der Waals surface area contributed by atoms with Gasteiger partial charge in [0.15, 0.2) is 0 Å². The van der Waals surface area contributed by atoms with E-state index in [2.05, 4.69) is 33.2 Å². The molecule has 0 aromatic heterocycles. The summed E-state index contributed by atoms with van der Waals surface area (Å²) in [6.45, 7) is 0. The molecule has 0 rings (SSSR count). The molecule has 0 radical (unpaired) electrons. The average Bonchev–Trinajstić information content (AvgIpc) is 1.98. The van der Waals surface area contributed by atoms with Crippen molar-refractivity contribution in [2.45, 2.75) is 23.8 Å². The fourth-order valence-electron chi connectivity index (χ4n) is 0.554. The number of rotatable bonds is 3. The fourth-order valence-corrected chi connectivity index (χ4v) is 2.38. The number of alkyl halides is 8. The molecule has 0 fully saturated rings. The van der Waals surface area contributed by atoms with Gasteiger partial charge in [-0.25, -0.2) is 4.39 Å². The van der Waals surface area contributed by atoms with E-state index >= 15 is 0 Å². The van der Waals surface area contributed by atoms with E-state index in [9.17, 15) is 35.1 Å². The fraction of sp³-hybridized carbons (Fsp3) is 1.00. The van der Waals surface area contributed by atoms with Gasteiger partial charge in [-0.3, -0.25) is 0 Å². The maximum atomic E-state index is 12.6. The van der Waals surface area contributed by atoms with Gasteiger partial charge in [0.25, 0.3) is 0 Å². The summed E-state index contributed by atoms with van der Waals surface area (Å²) in [6.07, 6.45) is -6.65. The molecule has 0 aliphatic heterocycles. The third-order valence-electron chi connectivity index (χ3n) is 1.38. The summed E-state index contributed by atoms with van der Waals surface area (Å²) in [5, 5.41) is 0. The predicted molar refractivity (Wildman–Crippen MR) is 44.2 cm³/mol. The van der Waals surface area contributed by atoms with Crippen LogP contribution in [0.25, 0.3) is 0 Å². The maximum absolute atomic E-state index is 12.6. The molecule has 0 saturated heterocycles. The molecule has 0 amide bonds. The molecule has 0 spiro atoms. The Hall–Kier alpha value is 0.527. The van der Waals surface area contributed by atoms with Crippen LogP contribution in [0.5, 0.6) is 0 Å². The topological polar surface area (TPSA) is 0 Å². The van der Waals surface area contributed by atoms with Crippen molar-refractivity contribution in [3.8, 4) is 0 Å². The molecule has 0 bridgehead atoms. The van der Waals surface area contributed by atoms with Gasteiger partial charge in [0.05, 0.1) is 0 Å². The smallest absolute Gasteiger partial charge is 0.240 e. The van der Waals surface area contributed by atoms with Crippen LogP contribution in [0.3, 0.4) is 0 Å². The van der Waals surface area contributed by atoms with Crippen molar-refractivity contribution in [3.63, 3.8) is 0 Å². The first-order valence-electron chi connectivity index (χ1n) is 3.19. The van der Waals surface area contributed by atoms with Crippen molar-refractivity contribution >= 4 is 39.2 Å². The molecule has 0 aromatic rings. The minimum atomic E-state index is -6.65. The predicted octanol–water partition coefficient (Wildman–Crippen LogP) is 4.35. The number of hydrogen-bond acceptors (Lipinski definition) is 0. The highest BCUT2D eigenvalue weighted by molar-refractivity contribution is 7.65. The molecule has 98 valence electrons. The molecule has 0 heterocycles. The van der Waals surface area contributed by atoms with Gasteiger partial charge in [-0.1, -0.05) is 0 Å². The molecule has 0 aliphatic carbocycles. The Labute approximate surface area is 98.6 Å². The van der Waals surface area contributed by atoms with Crippen LogP contribution >= 0.6 is 33.2 Å². The molecule has 16 heavy (non-hydrogen) atoms. The lowest BCUT2D eigenvalue weighted by Crippen LogP contribution is -2.60. The average molecular weight is 335 g/mol.